The smallest absolute Gasteiger partial charge is 0.0248 e. The van der Waals surface area contributed by atoms with E-state index in [4.69, 9.17) is 5.73 Å². The van der Waals surface area contributed by atoms with Crippen LogP contribution in [0.5, 0.6) is 0 Å². The molecule has 2 unspecified atom stereocenters. The van der Waals surface area contributed by atoms with Crippen LogP contribution in [0, 0.1) is 0 Å². The quantitative estimate of drug-likeness (QED) is 0.836. The number of hydrogen-bond acceptors (Lipinski definition) is 3. The summed E-state index contributed by atoms with van der Waals surface area (Å²) < 4.78 is 0. The van der Waals surface area contributed by atoms with E-state index in [0.717, 1.165) is 0 Å². The molecule has 1 aliphatic heterocycles. The van der Waals surface area contributed by atoms with Gasteiger partial charge in [0, 0.05) is 38.3 Å². The Morgan fingerprint density at radius 2 is 1.61 bits per heavy atom. The van der Waals surface area contributed by atoms with Gasteiger partial charge in [0.25, 0.3) is 0 Å². The maximum absolute atomic E-state index is 6.42. The predicted molar refractivity (Wildman–Crippen MR) is 77.8 cm³/mol. The van der Waals surface area contributed by atoms with E-state index >= 15 is 0 Å². The number of nitrogens with zero attached hydrogens (tertiary/aromatic N) is 2. The lowest BCUT2D eigenvalue weighted by atomic mass is 9.91. The van der Waals surface area contributed by atoms with Gasteiger partial charge < -0.3 is 10.6 Å². The zero-order valence-corrected chi connectivity index (χ0v) is 12.1. The lowest BCUT2D eigenvalue weighted by Gasteiger charge is -2.42. The van der Waals surface area contributed by atoms with Gasteiger partial charge in [0.15, 0.2) is 0 Å². The third kappa shape index (κ3) is 3.94. The minimum atomic E-state index is 0.419. The molecule has 2 atom stereocenters. The highest BCUT2D eigenvalue weighted by Gasteiger charge is 2.28. The number of hydrogen-bond donors (Lipinski definition) is 1. The van der Waals surface area contributed by atoms with Gasteiger partial charge in [-0.1, -0.05) is 32.6 Å². The fourth-order valence-corrected chi connectivity index (χ4v) is 3.58. The fourth-order valence-electron chi connectivity index (χ4n) is 3.58. The Labute approximate surface area is 113 Å². The van der Waals surface area contributed by atoms with Gasteiger partial charge in [-0.25, -0.2) is 0 Å². The lowest BCUT2D eigenvalue weighted by Crippen LogP contribution is -2.55. The molecule has 1 saturated carbocycles. The fraction of sp³-hybridized carbons (Fsp3) is 1.00. The first-order valence-corrected chi connectivity index (χ1v) is 8.03. The Bertz CT molecular complexity index is 224. The first-order valence-electron chi connectivity index (χ1n) is 8.03. The number of rotatable bonds is 3. The molecule has 1 heterocycles. The van der Waals surface area contributed by atoms with Gasteiger partial charge in [0.1, 0.15) is 0 Å². The van der Waals surface area contributed by atoms with Crippen LogP contribution in [0.15, 0.2) is 0 Å². The van der Waals surface area contributed by atoms with Gasteiger partial charge in [0.05, 0.1) is 0 Å². The van der Waals surface area contributed by atoms with E-state index in [0.29, 0.717) is 12.1 Å². The summed E-state index contributed by atoms with van der Waals surface area (Å²) in [4.78, 5) is 5.28. The van der Waals surface area contributed by atoms with E-state index in [-0.39, 0.29) is 0 Å². The SMILES string of the molecule is CCCN1CCN(C2CCCCCCC2N)CC1. The van der Waals surface area contributed by atoms with E-state index in [2.05, 4.69) is 16.7 Å². The van der Waals surface area contributed by atoms with E-state index in [9.17, 15) is 0 Å². The van der Waals surface area contributed by atoms with Crippen LogP contribution in [-0.2, 0) is 0 Å². The molecule has 3 nitrogen and oxygen atoms in total. The van der Waals surface area contributed by atoms with Crippen molar-refractivity contribution in [1.29, 1.82) is 0 Å². The summed E-state index contributed by atoms with van der Waals surface area (Å²) in [5, 5.41) is 0. The number of nitrogens with two attached hydrogens (primary N) is 1. The standard InChI is InChI=1S/C15H31N3/c1-2-9-17-10-12-18(13-11-17)15-8-6-4-3-5-7-14(15)16/h14-15H,2-13,16H2,1H3. The minimum Gasteiger partial charge on any atom is -0.326 e. The molecule has 106 valence electrons. The van der Waals surface area contributed by atoms with Crippen LogP contribution in [0.3, 0.4) is 0 Å². The molecule has 0 amide bonds. The lowest BCUT2D eigenvalue weighted by molar-refractivity contribution is 0.0752. The van der Waals surface area contributed by atoms with Crippen molar-refractivity contribution in [2.24, 2.45) is 5.73 Å². The van der Waals surface area contributed by atoms with Gasteiger partial charge >= 0.3 is 0 Å². The highest BCUT2D eigenvalue weighted by Crippen LogP contribution is 2.22. The molecule has 2 rings (SSSR count). The maximum Gasteiger partial charge on any atom is 0.0248 e. The first-order chi connectivity index (χ1) is 8.81. The summed E-state index contributed by atoms with van der Waals surface area (Å²) in [5.74, 6) is 0. The highest BCUT2D eigenvalue weighted by atomic mass is 15.3. The molecule has 0 aromatic rings. The van der Waals surface area contributed by atoms with Crippen LogP contribution in [0.1, 0.15) is 51.9 Å². The third-order valence-corrected chi connectivity index (χ3v) is 4.70. The van der Waals surface area contributed by atoms with Crippen molar-refractivity contribution >= 4 is 0 Å². The van der Waals surface area contributed by atoms with Crippen LogP contribution in [0.4, 0.5) is 0 Å². The van der Waals surface area contributed by atoms with Crippen molar-refractivity contribution < 1.29 is 0 Å². The second-order valence-corrected chi connectivity index (χ2v) is 6.10. The van der Waals surface area contributed by atoms with E-state index < -0.39 is 0 Å². The van der Waals surface area contributed by atoms with E-state index in [1.54, 1.807) is 0 Å². The zero-order valence-electron chi connectivity index (χ0n) is 12.1. The van der Waals surface area contributed by atoms with Crippen LogP contribution in [0.2, 0.25) is 0 Å². The molecule has 1 saturated heterocycles. The zero-order chi connectivity index (χ0) is 12.8. The van der Waals surface area contributed by atoms with Crippen LogP contribution in [-0.4, -0.2) is 54.6 Å². The van der Waals surface area contributed by atoms with Gasteiger partial charge in [-0.15, -0.1) is 0 Å². The van der Waals surface area contributed by atoms with Crippen molar-refractivity contribution in [1.82, 2.24) is 9.80 Å². The van der Waals surface area contributed by atoms with Crippen molar-refractivity contribution in [3.05, 3.63) is 0 Å². The van der Waals surface area contributed by atoms with Gasteiger partial charge in [-0.05, 0) is 25.8 Å². The normalized spacial score (nSPS) is 33.0. The van der Waals surface area contributed by atoms with Gasteiger partial charge in [-0.3, -0.25) is 4.90 Å². The summed E-state index contributed by atoms with van der Waals surface area (Å²) in [6.45, 7) is 8.51. The second kappa shape index (κ2) is 7.46. The topological polar surface area (TPSA) is 32.5 Å². The number of piperazine rings is 1. The molecule has 0 bridgehead atoms. The van der Waals surface area contributed by atoms with E-state index in [1.165, 1.54) is 77.7 Å². The Kier molecular flexibility index (Phi) is 5.93. The van der Waals surface area contributed by atoms with Crippen molar-refractivity contribution in [3.63, 3.8) is 0 Å². The van der Waals surface area contributed by atoms with E-state index in [1.807, 2.05) is 0 Å². The van der Waals surface area contributed by atoms with Crippen LogP contribution >= 0.6 is 0 Å². The molecule has 0 aromatic carbocycles. The maximum atomic E-state index is 6.42. The largest absolute Gasteiger partial charge is 0.326 e. The molecular formula is C15H31N3. The summed E-state index contributed by atoms with van der Waals surface area (Å²) in [7, 11) is 0. The Morgan fingerprint density at radius 3 is 2.28 bits per heavy atom. The molecule has 2 aliphatic rings. The molecular weight excluding hydrogens is 222 g/mol. The molecule has 0 aromatic heterocycles. The van der Waals surface area contributed by atoms with Crippen molar-refractivity contribution in [2.75, 3.05) is 32.7 Å². The van der Waals surface area contributed by atoms with Crippen molar-refractivity contribution in [2.45, 2.75) is 64.0 Å². The molecule has 2 N–H and O–H groups in total. The molecule has 1 aliphatic carbocycles. The highest BCUT2D eigenvalue weighted by molar-refractivity contribution is 4.86. The monoisotopic (exact) mass is 253 g/mol. The average molecular weight is 253 g/mol. The van der Waals surface area contributed by atoms with Crippen LogP contribution < -0.4 is 5.73 Å². The molecule has 0 radical (unpaired) electrons. The molecule has 18 heavy (non-hydrogen) atoms. The minimum absolute atomic E-state index is 0.419. The first kappa shape index (κ1) is 14.3. The molecule has 3 heteroatoms. The summed E-state index contributed by atoms with van der Waals surface area (Å²) in [6, 6.07) is 1.08. The Morgan fingerprint density at radius 1 is 0.944 bits per heavy atom. The van der Waals surface area contributed by atoms with Crippen molar-refractivity contribution in [3.8, 4) is 0 Å². The summed E-state index contributed by atoms with van der Waals surface area (Å²) in [6.07, 6.45) is 9.38. The Balaban J connectivity index is 1.82. The van der Waals surface area contributed by atoms with Gasteiger partial charge in [-0.2, -0.15) is 0 Å². The predicted octanol–water partition coefficient (Wildman–Crippen LogP) is 2.06. The summed E-state index contributed by atoms with van der Waals surface area (Å²) in [5.41, 5.74) is 6.42. The summed E-state index contributed by atoms with van der Waals surface area (Å²) >= 11 is 0. The van der Waals surface area contributed by atoms with Gasteiger partial charge in [0.2, 0.25) is 0 Å². The Hall–Kier alpha value is -0.120. The average Bonchev–Trinajstić information content (AvgIpc) is 2.36. The second-order valence-electron chi connectivity index (χ2n) is 6.10. The molecule has 2 fully saturated rings. The van der Waals surface area contributed by atoms with Crippen LogP contribution in [0.25, 0.3) is 0 Å². The molecule has 0 spiro atoms. The third-order valence-electron chi connectivity index (χ3n) is 4.70.